The number of nitrogens with zero attached hydrogens (tertiary/aromatic N) is 1. The summed E-state index contributed by atoms with van der Waals surface area (Å²) in [6, 6.07) is 1.42. The highest BCUT2D eigenvalue weighted by Crippen LogP contribution is 2.37. The first-order chi connectivity index (χ1) is 10.9. The molecule has 23 heavy (non-hydrogen) atoms. The number of likely N-dealkylation sites (tertiary alicyclic amines) is 1. The molecule has 2 rings (SSSR count). The number of piperidine rings is 1. The van der Waals surface area contributed by atoms with Gasteiger partial charge in [-0.1, -0.05) is 11.6 Å². The van der Waals surface area contributed by atoms with Gasteiger partial charge >= 0.3 is 12.1 Å². The van der Waals surface area contributed by atoms with Crippen molar-refractivity contribution in [2.24, 2.45) is 5.92 Å². The van der Waals surface area contributed by atoms with Crippen molar-refractivity contribution in [2.75, 3.05) is 20.8 Å². The molecule has 5 nitrogen and oxygen atoms in total. The van der Waals surface area contributed by atoms with Gasteiger partial charge in [0.2, 0.25) is 0 Å². The van der Waals surface area contributed by atoms with E-state index >= 15 is 0 Å². The zero-order valence-corrected chi connectivity index (χ0v) is 13.4. The number of amides is 1. The lowest BCUT2D eigenvalue weighted by molar-refractivity contribution is -0.147. The summed E-state index contributed by atoms with van der Waals surface area (Å²) in [4.78, 5) is 25.0. The maximum absolute atomic E-state index is 13.7. The van der Waals surface area contributed by atoms with Crippen molar-refractivity contribution in [3.63, 3.8) is 0 Å². The van der Waals surface area contributed by atoms with Crippen LogP contribution in [0.3, 0.4) is 0 Å². The van der Waals surface area contributed by atoms with Gasteiger partial charge in [-0.05, 0) is 30.5 Å². The molecule has 8 heteroatoms. The number of halogens is 3. The van der Waals surface area contributed by atoms with Gasteiger partial charge in [-0.25, -0.2) is 13.6 Å². The van der Waals surface area contributed by atoms with Crippen molar-refractivity contribution in [1.82, 2.24) is 4.90 Å². The van der Waals surface area contributed by atoms with Gasteiger partial charge in [-0.15, -0.1) is 0 Å². The number of benzene rings is 1. The van der Waals surface area contributed by atoms with E-state index in [2.05, 4.69) is 0 Å². The molecule has 1 aliphatic rings. The molecule has 1 saturated heterocycles. The van der Waals surface area contributed by atoms with E-state index in [-0.39, 0.29) is 18.5 Å². The Balaban J connectivity index is 2.38. The number of rotatable bonds is 2. The van der Waals surface area contributed by atoms with Crippen molar-refractivity contribution in [3.8, 4) is 0 Å². The minimum absolute atomic E-state index is 0.183. The van der Waals surface area contributed by atoms with Gasteiger partial charge in [-0.2, -0.15) is 0 Å². The lowest BCUT2D eigenvalue weighted by Gasteiger charge is -2.37. The summed E-state index contributed by atoms with van der Waals surface area (Å²) in [6.45, 7) is 0.211. The first-order valence-electron chi connectivity index (χ1n) is 6.95. The minimum atomic E-state index is -0.924. The van der Waals surface area contributed by atoms with Crippen molar-refractivity contribution < 1.29 is 27.8 Å². The lowest BCUT2D eigenvalue weighted by Crippen LogP contribution is -2.43. The molecule has 2 unspecified atom stereocenters. The van der Waals surface area contributed by atoms with Gasteiger partial charge in [-0.3, -0.25) is 4.79 Å². The van der Waals surface area contributed by atoms with Gasteiger partial charge in [0.05, 0.1) is 26.2 Å². The average molecular weight is 348 g/mol. The van der Waals surface area contributed by atoms with Crippen molar-refractivity contribution in [2.45, 2.75) is 18.9 Å². The predicted molar refractivity (Wildman–Crippen MR) is 78.0 cm³/mol. The highest BCUT2D eigenvalue weighted by Gasteiger charge is 2.37. The molecule has 1 amide bonds. The third kappa shape index (κ3) is 3.55. The second kappa shape index (κ2) is 7.12. The van der Waals surface area contributed by atoms with Crippen LogP contribution in [0.4, 0.5) is 13.6 Å². The number of methoxy groups -OCH3 is 2. The highest BCUT2D eigenvalue weighted by atomic mass is 35.5. The number of hydrogen-bond donors (Lipinski definition) is 0. The Hall–Kier alpha value is -1.89. The first-order valence-corrected chi connectivity index (χ1v) is 7.33. The van der Waals surface area contributed by atoms with E-state index < -0.39 is 40.7 Å². The molecule has 1 aliphatic heterocycles. The molecule has 1 aromatic rings. The Kier molecular flexibility index (Phi) is 5.41. The Morgan fingerprint density at radius 2 is 1.83 bits per heavy atom. The monoisotopic (exact) mass is 347 g/mol. The van der Waals surface area contributed by atoms with E-state index in [1.165, 1.54) is 19.1 Å². The van der Waals surface area contributed by atoms with Crippen LogP contribution >= 0.6 is 11.6 Å². The number of ether oxygens (including phenoxy) is 2. The fourth-order valence-corrected chi connectivity index (χ4v) is 2.87. The van der Waals surface area contributed by atoms with Crippen molar-refractivity contribution in [3.05, 3.63) is 34.4 Å². The van der Waals surface area contributed by atoms with Gasteiger partial charge in [0, 0.05) is 6.54 Å². The Labute approximate surface area is 137 Å². The number of carbonyl (C=O) groups is 2. The number of esters is 1. The number of carbonyl (C=O) groups excluding carboxylic acids is 2. The number of hydrogen-bond acceptors (Lipinski definition) is 4. The summed E-state index contributed by atoms with van der Waals surface area (Å²) >= 11 is 5.49. The van der Waals surface area contributed by atoms with E-state index in [9.17, 15) is 18.4 Å². The Bertz CT molecular complexity index is 602. The van der Waals surface area contributed by atoms with Crippen LogP contribution in [0.15, 0.2) is 12.1 Å². The minimum Gasteiger partial charge on any atom is -0.469 e. The highest BCUT2D eigenvalue weighted by molar-refractivity contribution is 6.30. The van der Waals surface area contributed by atoms with Crippen LogP contribution in [-0.4, -0.2) is 37.7 Å². The standard InChI is InChI=1S/C15H16ClF2NO4/c1-22-14(20)8-3-4-19(15(21)23-2)12(7-8)9-5-10(17)13(16)11(18)6-9/h5-6,8,12H,3-4,7H2,1-2H3. The van der Waals surface area contributed by atoms with Gasteiger partial charge in [0.25, 0.3) is 0 Å². The van der Waals surface area contributed by atoms with Crippen LogP contribution in [0, 0.1) is 17.6 Å². The van der Waals surface area contributed by atoms with E-state index in [1.54, 1.807) is 0 Å². The Morgan fingerprint density at radius 1 is 1.22 bits per heavy atom. The molecule has 0 saturated carbocycles. The van der Waals surface area contributed by atoms with Crippen molar-refractivity contribution >= 4 is 23.7 Å². The molecule has 0 aromatic heterocycles. The largest absolute Gasteiger partial charge is 0.469 e. The quantitative estimate of drug-likeness (QED) is 0.608. The zero-order valence-electron chi connectivity index (χ0n) is 12.6. The van der Waals surface area contributed by atoms with Crippen LogP contribution in [0.2, 0.25) is 5.02 Å². The Morgan fingerprint density at radius 3 is 2.35 bits per heavy atom. The third-order valence-electron chi connectivity index (χ3n) is 3.94. The molecule has 0 N–H and O–H groups in total. The molecular weight excluding hydrogens is 332 g/mol. The lowest BCUT2D eigenvalue weighted by atomic mass is 9.87. The second-order valence-electron chi connectivity index (χ2n) is 5.22. The molecule has 0 bridgehead atoms. The van der Waals surface area contributed by atoms with E-state index in [0.717, 1.165) is 12.1 Å². The summed E-state index contributed by atoms with van der Waals surface area (Å²) in [5, 5.41) is -0.612. The van der Waals surface area contributed by atoms with Crippen LogP contribution in [-0.2, 0) is 14.3 Å². The fraction of sp³-hybridized carbons (Fsp3) is 0.467. The maximum atomic E-state index is 13.7. The zero-order chi connectivity index (χ0) is 17.1. The smallest absolute Gasteiger partial charge is 0.409 e. The molecule has 126 valence electrons. The van der Waals surface area contributed by atoms with Crippen LogP contribution in [0.1, 0.15) is 24.4 Å². The topological polar surface area (TPSA) is 55.8 Å². The summed E-state index contributed by atoms with van der Waals surface area (Å²) < 4.78 is 36.9. The first kappa shape index (κ1) is 17.5. The molecule has 0 radical (unpaired) electrons. The van der Waals surface area contributed by atoms with E-state index in [4.69, 9.17) is 21.1 Å². The normalized spacial score (nSPS) is 21.0. The predicted octanol–water partition coefficient (Wildman–Crippen LogP) is 3.31. The van der Waals surface area contributed by atoms with Crippen LogP contribution in [0.25, 0.3) is 0 Å². The average Bonchev–Trinajstić information content (AvgIpc) is 2.57. The van der Waals surface area contributed by atoms with Crippen LogP contribution in [0.5, 0.6) is 0 Å². The molecule has 0 spiro atoms. The van der Waals surface area contributed by atoms with E-state index in [1.807, 2.05) is 0 Å². The molecule has 2 atom stereocenters. The fourth-order valence-electron chi connectivity index (χ4n) is 2.77. The second-order valence-corrected chi connectivity index (χ2v) is 5.60. The van der Waals surface area contributed by atoms with E-state index in [0.29, 0.717) is 6.42 Å². The molecule has 1 aromatic carbocycles. The SMILES string of the molecule is COC(=O)C1CCN(C(=O)OC)C(c2cc(F)c(Cl)c(F)c2)C1. The summed E-state index contributed by atoms with van der Waals surface area (Å²) in [6.07, 6.45) is -0.0619. The summed E-state index contributed by atoms with van der Waals surface area (Å²) in [7, 11) is 2.49. The molecule has 1 fully saturated rings. The molecular formula is C15H16ClF2NO4. The van der Waals surface area contributed by atoms with Gasteiger partial charge in [0.15, 0.2) is 0 Å². The molecule has 1 heterocycles. The van der Waals surface area contributed by atoms with Crippen molar-refractivity contribution in [1.29, 1.82) is 0 Å². The van der Waals surface area contributed by atoms with Gasteiger partial charge in [0.1, 0.15) is 16.7 Å². The summed E-state index contributed by atoms with van der Waals surface area (Å²) in [5.74, 6) is -2.74. The van der Waals surface area contributed by atoms with Gasteiger partial charge < -0.3 is 14.4 Å². The molecule has 0 aliphatic carbocycles. The summed E-state index contributed by atoms with van der Waals surface area (Å²) in [5.41, 5.74) is 0.211. The maximum Gasteiger partial charge on any atom is 0.409 e. The third-order valence-corrected chi connectivity index (χ3v) is 4.30. The van der Waals surface area contributed by atoms with Crippen LogP contribution < -0.4 is 0 Å².